The van der Waals surface area contributed by atoms with Crippen LogP contribution in [-0.4, -0.2) is 48.1 Å². The first-order chi connectivity index (χ1) is 15.0. The van der Waals surface area contributed by atoms with Crippen molar-refractivity contribution in [3.8, 4) is 5.88 Å². The zero-order valence-corrected chi connectivity index (χ0v) is 19.0. The highest BCUT2D eigenvalue weighted by Gasteiger charge is 2.20. The average Bonchev–Trinajstić information content (AvgIpc) is 2.77. The van der Waals surface area contributed by atoms with Crippen LogP contribution in [0.5, 0.6) is 5.88 Å². The molecule has 0 radical (unpaired) electrons. The van der Waals surface area contributed by atoms with Gasteiger partial charge < -0.3 is 14.5 Å². The second-order valence-electron chi connectivity index (χ2n) is 7.50. The second-order valence-corrected chi connectivity index (χ2v) is 9.05. The van der Waals surface area contributed by atoms with E-state index in [-0.39, 0.29) is 11.9 Å². The van der Waals surface area contributed by atoms with Crippen molar-refractivity contribution in [2.24, 2.45) is 0 Å². The van der Waals surface area contributed by atoms with Gasteiger partial charge in [0, 0.05) is 36.1 Å². The van der Waals surface area contributed by atoms with Gasteiger partial charge in [-0.1, -0.05) is 35.5 Å². The molecule has 0 spiro atoms. The predicted octanol–water partition coefficient (Wildman–Crippen LogP) is 5.31. The van der Waals surface area contributed by atoms with Crippen molar-refractivity contribution in [2.75, 3.05) is 38.1 Å². The normalized spacial score (nSPS) is 15.7. The molecule has 4 rings (SSSR count). The van der Waals surface area contributed by atoms with Crippen molar-refractivity contribution < 1.29 is 9.13 Å². The average molecular weight is 459 g/mol. The Hall–Kier alpha value is -2.35. The van der Waals surface area contributed by atoms with Gasteiger partial charge in [0.25, 0.3) is 0 Å². The minimum atomic E-state index is -0.291. The van der Waals surface area contributed by atoms with E-state index in [1.54, 1.807) is 12.1 Å². The van der Waals surface area contributed by atoms with E-state index >= 15 is 0 Å². The summed E-state index contributed by atoms with van der Waals surface area (Å²) in [6.45, 7) is 5.60. The number of halogens is 2. The first kappa shape index (κ1) is 21.9. The number of benzene rings is 2. The monoisotopic (exact) mass is 458 g/mol. The summed E-state index contributed by atoms with van der Waals surface area (Å²) in [5.41, 5.74) is 0.878. The molecule has 5 nitrogen and oxygen atoms in total. The number of likely N-dealkylation sites (N-methyl/N-ethyl adjacent to an activating group) is 1. The molecular formula is C23H24ClFN4OS. The van der Waals surface area contributed by atoms with Crippen molar-refractivity contribution in [3.63, 3.8) is 0 Å². The Morgan fingerprint density at radius 2 is 1.71 bits per heavy atom. The molecule has 1 unspecified atom stereocenters. The third-order valence-electron chi connectivity index (χ3n) is 5.16. The van der Waals surface area contributed by atoms with Gasteiger partial charge in [0.2, 0.25) is 11.8 Å². The molecule has 31 heavy (non-hydrogen) atoms. The third kappa shape index (κ3) is 5.67. The second kappa shape index (κ2) is 9.85. The summed E-state index contributed by atoms with van der Waals surface area (Å²) >= 11 is 7.54. The highest BCUT2D eigenvalue weighted by molar-refractivity contribution is 7.99. The fraction of sp³-hybridized carbons (Fsp3) is 0.304. The summed E-state index contributed by atoms with van der Waals surface area (Å²) in [5, 5.41) is 0.687. The van der Waals surface area contributed by atoms with Crippen molar-refractivity contribution in [2.45, 2.75) is 22.8 Å². The maximum absolute atomic E-state index is 13.3. The van der Waals surface area contributed by atoms with Crippen LogP contribution >= 0.6 is 23.4 Å². The molecular weight excluding hydrogens is 435 g/mol. The number of rotatable bonds is 6. The Morgan fingerprint density at radius 3 is 2.39 bits per heavy atom. The Balaban J connectivity index is 1.61. The summed E-state index contributed by atoms with van der Waals surface area (Å²) < 4.78 is 19.6. The highest BCUT2D eigenvalue weighted by atomic mass is 35.5. The lowest BCUT2D eigenvalue weighted by Gasteiger charge is -2.32. The molecule has 8 heteroatoms. The molecule has 1 aromatic heterocycles. The van der Waals surface area contributed by atoms with E-state index in [0.717, 1.165) is 41.5 Å². The topological polar surface area (TPSA) is 41.5 Å². The fourth-order valence-electron chi connectivity index (χ4n) is 3.26. The van der Waals surface area contributed by atoms with Crippen LogP contribution in [0.3, 0.4) is 0 Å². The minimum absolute atomic E-state index is 0.269. The summed E-state index contributed by atoms with van der Waals surface area (Å²) in [7, 11) is 2.11. The number of hydrogen-bond acceptors (Lipinski definition) is 6. The van der Waals surface area contributed by atoms with E-state index in [1.165, 1.54) is 23.9 Å². The molecule has 0 aliphatic carbocycles. The first-order valence-electron chi connectivity index (χ1n) is 10.1. The van der Waals surface area contributed by atoms with Gasteiger partial charge in [0.15, 0.2) is 0 Å². The van der Waals surface area contributed by atoms with Gasteiger partial charge in [-0.2, -0.15) is 4.98 Å². The molecule has 0 N–H and O–H groups in total. The fourth-order valence-corrected chi connectivity index (χ4v) is 4.20. The SMILES string of the molecule is CC(Oc1nc(N2CCN(C)CC2)ncc1Sc1ccc(Cl)cc1)c1ccc(F)cc1. The zero-order chi connectivity index (χ0) is 21.8. The molecule has 1 aliphatic rings. The van der Waals surface area contributed by atoms with E-state index in [2.05, 4.69) is 21.8 Å². The van der Waals surface area contributed by atoms with Gasteiger partial charge in [-0.25, -0.2) is 9.37 Å². The van der Waals surface area contributed by atoms with Crippen molar-refractivity contribution in [3.05, 3.63) is 71.1 Å². The first-order valence-corrected chi connectivity index (χ1v) is 11.3. The Bertz CT molecular complexity index is 1010. The molecule has 0 saturated carbocycles. The summed E-state index contributed by atoms with van der Waals surface area (Å²) in [4.78, 5) is 15.7. The van der Waals surface area contributed by atoms with Gasteiger partial charge in [-0.15, -0.1) is 0 Å². The molecule has 1 atom stereocenters. The maximum Gasteiger partial charge on any atom is 0.233 e. The summed E-state index contributed by atoms with van der Waals surface area (Å²) in [6.07, 6.45) is 1.52. The molecule has 1 fully saturated rings. The number of piperazine rings is 1. The van der Waals surface area contributed by atoms with E-state index in [9.17, 15) is 4.39 Å². The van der Waals surface area contributed by atoms with Crippen LogP contribution in [0.1, 0.15) is 18.6 Å². The highest BCUT2D eigenvalue weighted by Crippen LogP contribution is 2.36. The number of hydrogen-bond donors (Lipinski definition) is 0. The van der Waals surface area contributed by atoms with E-state index < -0.39 is 0 Å². The summed E-state index contributed by atoms with van der Waals surface area (Å²) in [5.74, 6) is 0.907. The lowest BCUT2D eigenvalue weighted by Crippen LogP contribution is -2.45. The largest absolute Gasteiger partial charge is 0.469 e. The van der Waals surface area contributed by atoms with Crippen LogP contribution in [0, 0.1) is 5.82 Å². The quantitative estimate of drug-likeness (QED) is 0.498. The van der Waals surface area contributed by atoms with Crippen LogP contribution in [-0.2, 0) is 0 Å². The van der Waals surface area contributed by atoms with Crippen molar-refractivity contribution in [1.29, 1.82) is 0 Å². The van der Waals surface area contributed by atoms with Gasteiger partial charge >= 0.3 is 0 Å². The predicted molar refractivity (Wildman–Crippen MR) is 123 cm³/mol. The molecule has 0 bridgehead atoms. The molecule has 3 aromatic rings. The van der Waals surface area contributed by atoms with Gasteiger partial charge in [0.05, 0.1) is 11.1 Å². The van der Waals surface area contributed by atoms with E-state index in [4.69, 9.17) is 21.3 Å². The van der Waals surface area contributed by atoms with Crippen LogP contribution < -0.4 is 9.64 Å². The zero-order valence-electron chi connectivity index (χ0n) is 17.5. The Labute approximate surface area is 191 Å². The molecule has 0 amide bonds. The van der Waals surface area contributed by atoms with E-state index in [1.807, 2.05) is 37.4 Å². The number of anilines is 1. The summed E-state index contributed by atoms with van der Waals surface area (Å²) in [6, 6.07) is 13.9. The standard InChI is InChI=1S/C23H24ClFN4OS/c1-16(17-3-7-19(25)8-4-17)30-22-21(31-20-9-5-18(24)6-10-20)15-26-23(27-22)29-13-11-28(2)12-14-29/h3-10,15-16H,11-14H2,1-2H3. The lowest BCUT2D eigenvalue weighted by molar-refractivity contribution is 0.210. The molecule has 2 heterocycles. The van der Waals surface area contributed by atoms with Gasteiger partial charge in [-0.3, -0.25) is 0 Å². The number of aromatic nitrogens is 2. The minimum Gasteiger partial charge on any atom is -0.469 e. The molecule has 162 valence electrons. The molecule has 2 aromatic carbocycles. The number of ether oxygens (including phenoxy) is 1. The Morgan fingerprint density at radius 1 is 1.03 bits per heavy atom. The smallest absolute Gasteiger partial charge is 0.233 e. The van der Waals surface area contributed by atoms with Gasteiger partial charge in [0.1, 0.15) is 11.9 Å². The van der Waals surface area contributed by atoms with Crippen molar-refractivity contribution in [1.82, 2.24) is 14.9 Å². The maximum atomic E-state index is 13.3. The van der Waals surface area contributed by atoms with Gasteiger partial charge in [-0.05, 0) is 55.9 Å². The molecule has 1 saturated heterocycles. The van der Waals surface area contributed by atoms with Crippen LogP contribution in [0.4, 0.5) is 10.3 Å². The van der Waals surface area contributed by atoms with Crippen LogP contribution in [0.25, 0.3) is 0 Å². The third-order valence-corrected chi connectivity index (χ3v) is 6.42. The van der Waals surface area contributed by atoms with Crippen LogP contribution in [0.15, 0.2) is 64.5 Å². The molecule has 1 aliphatic heterocycles. The number of nitrogens with zero attached hydrogens (tertiary/aromatic N) is 4. The van der Waals surface area contributed by atoms with Crippen LogP contribution in [0.2, 0.25) is 5.02 Å². The van der Waals surface area contributed by atoms with Crippen molar-refractivity contribution >= 4 is 29.3 Å². The Kier molecular flexibility index (Phi) is 6.95. The van der Waals surface area contributed by atoms with E-state index in [0.29, 0.717) is 16.9 Å². The lowest BCUT2D eigenvalue weighted by atomic mass is 10.1.